The van der Waals surface area contributed by atoms with Crippen molar-refractivity contribution >= 4 is 17.2 Å². The Morgan fingerprint density at radius 1 is 1.45 bits per heavy atom. The molecule has 1 aliphatic rings. The van der Waals surface area contributed by atoms with Crippen molar-refractivity contribution < 1.29 is 14.6 Å². The van der Waals surface area contributed by atoms with E-state index >= 15 is 0 Å². The van der Waals surface area contributed by atoms with Crippen molar-refractivity contribution in [1.29, 1.82) is 0 Å². The Balaban J connectivity index is 2.14. The molecular formula is C15H22N2O3. The summed E-state index contributed by atoms with van der Waals surface area (Å²) in [5.41, 5.74) is 6.95. The van der Waals surface area contributed by atoms with Crippen LogP contribution in [0.4, 0.5) is 11.4 Å². The molecule has 0 atom stereocenters. The van der Waals surface area contributed by atoms with Crippen molar-refractivity contribution in [1.82, 2.24) is 0 Å². The highest BCUT2D eigenvalue weighted by Crippen LogP contribution is 2.26. The molecule has 5 nitrogen and oxygen atoms in total. The Labute approximate surface area is 119 Å². The molecule has 110 valence electrons. The molecule has 0 aromatic heterocycles. The van der Waals surface area contributed by atoms with Crippen LogP contribution in [0.5, 0.6) is 0 Å². The first-order chi connectivity index (χ1) is 9.41. The lowest BCUT2D eigenvalue weighted by Gasteiger charge is -2.36. The summed E-state index contributed by atoms with van der Waals surface area (Å²) in [6.07, 6.45) is 1.26. The second kappa shape index (κ2) is 5.81. The summed E-state index contributed by atoms with van der Waals surface area (Å²) in [7, 11) is 1.91. The van der Waals surface area contributed by atoms with Crippen LogP contribution >= 0.6 is 0 Å². The van der Waals surface area contributed by atoms with Crippen LogP contribution in [0.1, 0.15) is 30.1 Å². The highest BCUT2D eigenvalue weighted by atomic mass is 16.5. The number of rotatable bonds is 4. The van der Waals surface area contributed by atoms with Crippen LogP contribution in [-0.2, 0) is 4.74 Å². The largest absolute Gasteiger partial charge is 0.398 e. The molecule has 0 radical (unpaired) electrons. The maximum Gasteiger partial charge on any atom is 0.161 e. The highest BCUT2D eigenvalue weighted by Gasteiger charge is 2.31. The number of ketones is 1. The number of hydrogen-bond acceptors (Lipinski definition) is 5. The Kier molecular flexibility index (Phi) is 4.30. The maximum atomic E-state index is 11.5. The van der Waals surface area contributed by atoms with E-state index in [2.05, 4.69) is 0 Å². The van der Waals surface area contributed by atoms with Crippen molar-refractivity contribution in [3.05, 3.63) is 23.8 Å². The Hall–Kier alpha value is -1.59. The van der Waals surface area contributed by atoms with Gasteiger partial charge in [-0.05, 0) is 25.1 Å². The van der Waals surface area contributed by atoms with Gasteiger partial charge in [0.1, 0.15) is 0 Å². The van der Waals surface area contributed by atoms with Crippen molar-refractivity contribution in [3.63, 3.8) is 0 Å². The van der Waals surface area contributed by atoms with Crippen LogP contribution < -0.4 is 10.6 Å². The molecule has 3 N–H and O–H groups in total. The maximum absolute atomic E-state index is 11.5. The van der Waals surface area contributed by atoms with E-state index in [1.54, 1.807) is 12.1 Å². The van der Waals surface area contributed by atoms with Crippen LogP contribution in [0.2, 0.25) is 0 Å². The van der Waals surface area contributed by atoms with Crippen LogP contribution in [0, 0.1) is 0 Å². The van der Waals surface area contributed by atoms with Gasteiger partial charge in [-0.1, -0.05) is 0 Å². The molecule has 1 saturated heterocycles. The molecule has 0 bridgehead atoms. The fourth-order valence-electron chi connectivity index (χ4n) is 2.53. The van der Waals surface area contributed by atoms with Gasteiger partial charge in [0.05, 0.1) is 5.60 Å². The third kappa shape index (κ3) is 3.29. The normalized spacial score (nSPS) is 17.8. The zero-order chi connectivity index (χ0) is 14.8. The average molecular weight is 278 g/mol. The Morgan fingerprint density at radius 3 is 2.70 bits per heavy atom. The van der Waals surface area contributed by atoms with Crippen LogP contribution in [-0.4, -0.2) is 43.3 Å². The molecular weight excluding hydrogens is 256 g/mol. The van der Waals surface area contributed by atoms with E-state index < -0.39 is 5.60 Å². The Morgan fingerprint density at radius 2 is 2.10 bits per heavy atom. The first-order valence-corrected chi connectivity index (χ1v) is 6.83. The van der Waals surface area contributed by atoms with Crippen molar-refractivity contribution in [3.8, 4) is 0 Å². The zero-order valence-corrected chi connectivity index (χ0v) is 12.1. The molecule has 1 aromatic rings. The lowest BCUT2D eigenvalue weighted by molar-refractivity contribution is -0.0572. The molecule has 1 aromatic carbocycles. The van der Waals surface area contributed by atoms with Gasteiger partial charge in [-0.2, -0.15) is 0 Å². The van der Waals surface area contributed by atoms with E-state index in [0.29, 0.717) is 43.9 Å². The third-order valence-corrected chi connectivity index (χ3v) is 3.81. The molecule has 20 heavy (non-hydrogen) atoms. The van der Waals surface area contributed by atoms with E-state index in [1.807, 2.05) is 18.0 Å². The van der Waals surface area contributed by atoms with Crippen LogP contribution in [0.3, 0.4) is 0 Å². The number of hydrogen-bond donors (Lipinski definition) is 2. The molecule has 0 unspecified atom stereocenters. The molecule has 0 aliphatic carbocycles. The quantitative estimate of drug-likeness (QED) is 0.644. The van der Waals surface area contributed by atoms with Gasteiger partial charge in [0.15, 0.2) is 5.78 Å². The van der Waals surface area contributed by atoms with Crippen LogP contribution in [0.25, 0.3) is 0 Å². The number of anilines is 2. The second-order valence-electron chi connectivity index (χ2n) is 5.52. The lowest BCUT2D eigenvalue weighted by atomic mass is 9.93. The smallest absolute Gasteiger partial charge is 0.161 e. The summed E-state index contributed by atoms with van der Waals surface area (Å²) < 4.78 is 5.28. The number of aliphatic hydroxyl groups is 1. The topological polar surface area (TPSA) is 75.8 Å². The predicted octanol–water partition coefficient (Wildman–Crippen LogP) is 1.45. The number of nitrogen functional groups attached to an aromatic ring is 1. The van der Waals surface area contributed by atoms with E-state index in [0.717, 1.165) is 5.69 Å². The van der Waals surface area contributed by atoms with E-state index in [1.165, 1.54) is 6.92 Å². The minimum absolute atomic E-state index is 0.0532. The molecule has 2 rings (SSSR count). The number of nitrogens with zero attached hydrogens (tertiary/aromatic N) is 1. The first-order valence-electron chi connectivity index (χ1n) is 6.83. The number of benzene rings is 1. The number of ether oxygens (including phenoxy) is 1. The Bertz CT molecular complexity index is 496. The molecule has 1 aliphatic heterocycles. The third-order valence-electron chi connectivity index (χ3n) is 3.81. The first kappa shape index (κ1) is 14.8. The van der Waals surface area contributed by atoms with Gasteiger partial charge >= 0.3 is 0 Å². The monoisotopic (exact) mass is 278 g/mol. The summed E-state index contributed by atoms with van der Waals surface area (Å²) in [5, 5.41) is 10.5. The van der Waals surface area contributed by atoms with Crippen molar-refractivity contribution in [2.45, 2.75) is 25.4 Å². The standard InChI is InChI=1S/C15H22N2O3/c1-11(18)13-9-12(3-4-14(13)16)17(2)10-15(19)5-7-20-8-6-15/h3-4,9,19H,5-8,10,16H2,1-2H3. The van der Waals surface area contributed by atoms with E-state index in [4.69, 9.17) is 10.5 Å². The number of carbonyl (C=O) groups is 1. The van der Waals surface area contributed by atoms with Gasteiger partial charge < -0.3 is 20.5 Å². The lowest BCUT2D eigenvalue weighted by Crippen LogP contribution is -2.45. The number of Topliss-reactive ketones (excluding diaryl/α,β-unsaturated/α-hetero) is 1. The zero-order valence-electron chi connectivity index (χ0n) is 12.1. The minimum atomic E-state index is -0.731. The summed E-state index contributed by atoms with van der Waals surface area (Å²) in [4.78, 5) is 13.5. The van der Waals surface area contributed by atoms with Gasteiger partial charge in [0.2, 0.25) is 0 Å². The molecule has 5 heteroatoms. The number of nitrogens with two attached hydrogens (primary N) is 1. The van der Waals surface area contributed by atoms with Crippen molar-refractivity contribution in [2.75, 3.05) is 37.4 Å². The van der Waals surface area contributed by atoms with Gasteiger partial charge in [-0.15, -0.1) is 0 Å². The van der Waals surface area contributed by atoms with Gasteiger partial charge in [0, 0.05) is 56.6 Å². The molecule has 1 fully saturated rings. The highest BCUT2D eigenvalue weighted by molar-refractivity contribution is 6.00. The van der Waals surface area contributed by atoms with Gasteiger partial charge in [0.25, 0.3) is 0 Å². The fraction of sp³-hybridized carbons (Fsp3) is 0.533. The molecule has 0 saturated carbocycles. The predicted molar refractivity (Wildman–Crippen MR) is 79.1 cm³/mol. The second-order valence-corrected chi connectivity index (χ2v) is 5.52. The van der Waals surface area contributed by atoms with E-state index in [-0.39, 0.29) is 5.78 Å². The SMILES string of the molecule is CC(=O)c1cc(N(C)CC2(O)CCOCC2)ccc1N. The average Bonchev–Trinajstić information content (AvgIpc) is 2.39. The van der Waals surface area contributed by atoms with Crippen molar-refractivity contribution in [2.24, 2.45) is 0 Å². The summed E-state index contributed by atoms with van der Waals surface area (Å²) in [6, 6.07) is 5.38. The fourth-order valence-corrected chi connectivity index (χ4v) is 2.53. The van der Waals surface area contributed by atoms with Crippen LogP contribution in [0.15, 0.2) is 18.2 Å². The van der Waals surface area contributed by atoms with Gasteiger partial charge in [-0.3, -0.25) is 4.79 Å². The van der Waals surface area contributed by atoms with E-state index in [9.17, 15) is 9.90 Å². The summed E-state index contributed by atoms with van der Waals surface area (Å²) in [6.45, 7) is 3.19. The molecule has 0 amide bonds. The summed E-state index contributed by atoms with van der Waals surface area (Å²) >= 11 is 0. The molecule has 0 spiro atoms. The van der Waals surface area contributed by atoms with Gasteiger partial charge in [-0.25, -0.2) is 0 Å². The number of likely N-dealkylation sites (N-methyl/N-ethyl adjacent to an activating group) is 1. The minimum Gasteiger partial charge on any atom is -0.398 e. The number of carbonyl (C=O) groups excluding carboxylic acids is 1. The summed E-state index contributed by atoms with van der Waals surface area (Å²) in [5.74, 6) is -0.0532. The molecule has 1 heterocycles.